The molecular weight excluding hydrogens is 487 g/mol. The van der Waals surface area contributed by atoms with Gasteiger partial charge in [0.15, 0.2) is 0 Å². The molecule has 0 bridgehead atoms. The van der Waals surface area contributed by atoms with Crippen molar-refractivity contribution in [3.8, 4) is 11.8 Å². The standard InChI is InChI=1S/C23H15BrCl2N2O2/c24-21-7-2-1-4-15(21)14-30-22-9-8-19(26)11-16(22)10-17(13-27)23(29)28-20-6-3-5-18(25)12-20/h1-12H,14H2,(H,28,29)/b17-10+. The van der Waals surface area contributed by atoms with Crippen LogP contribution in [0.3, 0.4) is 0 Å². The number of amides is 1. The molecule has 0 aromatic heterocycles. The molecule has 0 radical (unpaired) electrons. The summed E-state index contributed by atoms with van der Waals surface area (Å²) in [6.45, 7) is 0.306. The van der Waals surface area contributed by atoms with Crippen LogP contribution in [0.4, 0.5) is 5.69 Å². The molecule has 7 heteroatoms. The molecule has 0 aliphatic rings. The number of ether oxygens (including phenoxy) is 1. The van der Waals surface area contributed by atoms with Crippen LogP contribution < -0.4 is 10.1 Å². The van der Waals surface area contributed by atoms with Crippen LogP contribution in [0.15, 0.2) is 76.8 Å². The molecule has 0 aliphatic heterocycles. The van der Waals surface area contributed by atoms with Crippen molar-refractivity contribution in [2.45, 2.75) is 6.61 Å². The molecule has 30 heavy (non-hydrogen) atoms. The lowest BCUT2D eigenvalue weighted by Crippen LogP contribution is -2.13. The van der Waals surface area contributed by atoms with Crippen molar-refractivity contribution in [3.63, 3.8) is 0 Å². The van der Waals surface area contributed by atoms with Crippen LogP contribution in [-0.2, 0) is 11.4 Å². The molecule has 0 spiro atoms. The van der Waals surface area contributed by atoms with E-state index >= 15 is 0 Å². The third-order valence-corrected chi connectivity index (χ3v) is 5.30. The number of benzene rings is 3. The smallest absolute Gasteiger partial charge is 0.266 e. The molecule has 150 valence electrons. The van der Waals surface area contributed by atoms with E-state index in [1.165, 1.54) is 6.08 Å². The first-order chi connectivity index (χ1) is 14.5. The second-order valence-electron chi connectivity index (χ2n) is 6.20. The fourth-order valence-corrected chi connectivity index (χ4v) is 3.37. The lowest BCUT2D eigenvalue weighted by Gasteiger charge is -2.11. The van der Waals surface area contributed by atoms with Crippen molar-refractivity contribution < 1.29 is 9.53 Å². The Kier molecular flexibility index (Phi) is 7.53. The van der Waals surface area contributed by atoms with Gasteiger partial charge in [0.05, 0.1) is 0 Å². The topological polar surface area (TPSA) is 62.1 Å². The van der Waals surface area contributed by atoms with Gasteiger partial charge < -0.3 is 10.1 Å². The van der Waals surface area contributed by atoms with E-state index in [0.717, 1.165) is 10.0 Å². The van der Waals surface area contributed by atoms with Gasteiger partial charge in [0.2, 0.25) is 0 Å². The van der Waals surface area contributed by atoms with Crippen molar-refractivity contribution in [2.75, 3.05) is 5.32 Å². The van der Waals surface area contributed by atoms with Gasteiger partial charge in [-0.3, -0.25) is 4.79 Å². The highest BCUT2D eigenvalue weighted by atomic mass is 79.9. The fraction of sp³-hybridized carbons (Fsp3) is 0.0435. The Morgan fingerprint density at radius 2 is 1.83 bits per heavy atom. The van der Waals surface area contributed by atoms with E-state index in [0.29, 0.717) is 33.7 Å². The molecule has 1 N–H and O–H groups in total. The molecule has 0 unspecified atom stereocenters. The zero-order valence-corrected chi connectivity index (χ0v) is 18.6. The Hall–Kier alpha value is -2.78. The SMILES string of the molecule is N#C/C(=C\c1cc(Cl)ccc1OCc1ccccc1Br)C(=O)Nc1cccc(Cl)c1. The highest BCUT2D eigenvalue weighted by Gasteiger charge is 2.13. The van der Waals surface area contributed by atoms with Crippen LogP contribution in [-0.4, -0.2) is 5.91 Å². The summed E-state index contributed by atoms with van der Waals surface area (Å²) in [7, 11) is 0. The van der Waals surface area contributed by atoms with Crippen LogP contribution in [0, 0.1) is 11.3 Å². The number of anilines is 1. The largest absolute Gasteiger partial charge is 0.488 e. The number of nitriles is 1. The molecule has 3 aromatic carbocycles. The summed E-state index contributed by atoms with van der Waals surface area (Å²) in [4.78, 5) is 12.6. The maximum Gasteiger partial charge on any atom is 0.266 e. The maximum absolute atomic E-state index is 12.6. The number of carbonyl (C=O) groups is 1. The average Bonchev–Trinajstić information content (AvgIpc) is 2.72. The quantitative estimate of drug-likeness (QED) is 0.295. The van der Waals surface area contributed by atoms with Crippen LogP contribution in [0.5, 0.6) is 5.75 Å². The minimum absolute atomic E-state index is 0.0945. The maximum atomic E-state index is 12.6. The molecule has 0 heterocycles. The van der Waals surface area contributed by atoms with Gasteiger partial charge in [0.1, 0.15) is 24.0 Å². The third-order valence-electron chi connectivity index (χ3n) is 4.06. The normalized spacial score (nSPS) is 10.9. The van der Waals surface area contributed by atoms with Crippen LogP contribution in [0.25, 0.3) is 6.08 Å². The fourth-order valence-electron chi connectivity index (χ4n) is 2.60. The molecule has 0 saturated heterocycles. The van der Waals surface area contributed by atoms with E-state index in [9.17, 15) is 10.1 Å². The van der Waals surface area contributed by atoms with Gasteiger partial charge in [-0.05, 0) is 48.5 Å². The van der Waals surface area contributed by atoms with Crippen molar-refractivity contribution in [1.29, 1.82) is 5.26 Å². The summed E-state index contributed by atoms with van der Waals surface area (Å²) in [6.07, 6.45) is 1.45. The third kappa shape index (κ3) is 5.87. The highest BCUT2D eigenvalue weighted by Crippen LogP contribution is 2.27. The van der Waals surface area contributed by atoms with E-state index in [4.69, 9.17) is 27.9 Å². The summed E-state index contributed by atoms with van der Waals surface area (Å²) in [5, 5.41) is 13.1. The van der Waals surface area contributed by atoms with Crippen LogP contribution in [0.2, 0.25) is 10.0 Å². The van der Waals surface area contributed by atoms with Crippen molar-refractivity contribution in [2.24, 2.45) is 0 Å². The average molecular weight is 502 g/mol. The summed E-state index contributed by atoms with van der Waals surface area (Å²) < 4.78 is 6.85. The van der Waals surface area contributed by atoms with Crippen LogP contribution >= 0.6 is 39.1 Å². The minimum Gasteiger partial charge on any atom is -0.488 e. The molecular formula is C23H15BrCl2N2O2. The molecule has 1 amide bonds. The van der Waals surface area contributed by atoms with Gasteiger partial charge in [0.25, 0.3) is 5.91 Å². The number of hydrogen-bond acceptors (Lipinski definition) is 3. The number of carbonyl (C=O) groups excluding carboxylic acids is 1. The number of nitrogens with one attached hydrogen (secondary N) is 1. The van der Waals surface area contributed by atoms with Gasteiger partial charge in [-0.15, -0.1) is 0 Å². The Balaban J connectivity index is 1.84. The first-order valence-electron chi connectivity index (χ1n) is 8.81. The lowest BCUT2D eigenvalue weighted by atomic mass is 10.1. The molecule has 3 aromatic rings. The first-order valence-corrected chi connectivity index (χ1v) is 10.4. The second kappa shape index (κ2) is 10.3. The molecule has 0 fully saturated rings. The monoisotopic (exact) mass is 500 g/mol. The zero-order valence-electron chi connectivity index (χ0n) is 15.5. The molecule has 0 atom stereocenters. The predicted molar refractivity (Wildman–Crippen MR) is 124 cm³/mol. The second-order valence-corrected chi connectivity index (χ2v) is 7.92. The minimum atomic E-state index is -0.559. The first kappa shape index (κ1) is 21.9. The van der Waals surface area contributed by atoms with Gasteiger partial charge in [-0.2, -0.15) is 5.26 Å². The summed E-state index contributed by atoms with van der Waals surface area (Å²) in [5.41, 5.74) is 1.88. The van der Waals surface area contributed by atoms with E-state index < -0.39 is 5.91 Å². The lowest BCUT2D eigenvalue weighted by molar-refractivity contribution is -0.112. The number of rotatable bonds is 6. The van der Waals surface area contributed by atoms with Crippen molar-refractivity contribution in [1.82, 2.24) is 0 Å². The Morgan fingerprint density at radius 1 is 1.07 bits per heavy atom. The Morgan fingerprint density at radius 3 is 2.57 bits per heavy atom. The predicted octanol–water partition coefficient (Wildman–Crippen LogP) is 6.88. The Bertz CT molecular complexity index is 1160. The van der Waals surface area contributed by atoms with Gasteiger partial charge >= 0.3 is 0 Å². The number of hydrogen-bond donors (Lipinski definition) is 1. The van der Waals surface area contributed by atoms with E-state index in [-0.39, 0.29) is 5.57 Å². The van der Waals surface area contributed by atoms with E-state index in [1.807, 2.05) is 30.3 Å². The van der Waals surface area contributed by atoms with E-state index in [1.54, 1.807) is 42.5 Å². The van der Waals surface area contributed by atoms with Gasteiger partial charge in [-0.25, -0.2) is 0 Å². The van der Waals surface area contributed by atoms with Gasteiger partial charge in [0, 0.05) is 31.3 Å². The van der Waals surface area contributed by atoms with E-state index in [2.05, 4.69) is 21.2 Å². The molecule has 0 aliphatic carbocycles. The number of halogens is 3. The van der Waals surface area contributed by atoms with Crippen molar-refractivity contribution in [3.05, 3.63) is 97.9 Å². The Labute approximate surface area is 192 Å². The summed E-state index contributed by atoms with van der Waals surface area (Å²) in [5.74, 6) is -0.0602. The van der Waals surface area contributed by atoms with Gasteiger partial charge in [-0.1, -0.05) is 63.4 Å². The highest BCUT2D eigenvalue weighted by molar-refractivity contribution is 9.10. The zero-order chi connectivity index (χ0) is 21.5. The molecule has 4 nitrogen and oxygen atoms in total. The van der Waals surface area contributed by atoms with Crippen molar-refractivity contribution >= 4 is 56.8 Å². The molecule has 3 rings (SSSR count). The number of nitrogens with zero attached hydrogens (tertiary/aromatic N) is 1. The summed E-state index contributed by atoms with van der Waals surface area (Å²) in [6, 6.07) is 21.3. The van der Waals surface area contributed by atoms with Crippen LogP contribution in [0.1, 0.15) is 11.1 Å². The molecule has 0 saturated carbocycles. The summed E-state index contributed by atoms with van der Waals surface area (Å²) >= 11 is 15.6.